The number of halogens is 1. The van der Waals surface area contributed by atoms with Crippen LogP contribution in [0.15, 0.2) is 5.38 Å². The van der Waals surface area contributed by atoms with Crippen molar-refractivity contribution in [2.24, 2.45) is 0 Å². The van der Waals surface area contributed by atoms with Crippen LogP contribution < -0.4 is 4.90 Å². The van der Waals surface area contributed by atoms with Gasteiger partial charge < -0.3 is 10.0 Å². The predicted molar refractivity (Wildman–Crippen MR) is 73.6 cm³/mol. The third-order valence-electron chi connectivity index (χ3n) is 3.73. The number of hydrogen-bond acceptors (Lipinski definition) is 4. The molecule has 2 rings (SSSR count). The molecule has 0 unspecified atom stereocenters. The molecule has 100 valence electrons. The van der Waals surface area contributed by atoms with Crippen molar-refractivity contribution in [3.8, 4) is 0 Å². The molecule has 0 aromatic carbocycles. The summed E-state index contributed by atoms with van der Waals surface area (Å²) in [6, 6.07) is 0. The van der Waals surface area contributed by atoms with E-state index in [-0.39, 0.29) is 12.0 Å². The van der Waals surface area contributed by atoms with E-state index in [4.69, 9.17) is 16.7 Å². The number of carbonyl (C=O) groups is 1. The molecule has 6 heteroatoms. The van der Waals surface area contributed by atoms with E-state index >= 15 is 0 Å². The second-order valence-electron chi connectivity index (χ2n) is 4.87. The molecule has 4 nitrogen and oxygen atoms in total. The Hall–Kier alpha value is -0.810. The summed E-state index contributed by atoms with van der Waals surface area (Å²) in [4.78, 5) is 17.4. The molecule has 1 aromatic heterocycles. The second kappa shape index (κ2) is 5.45. The van der Waals surface area contributed by atoms with E-state index in [0.29, 0.717) is 5.15 Å². The highest BCUT2D eigenvalue weighted by molar-refractivity contribution is 7.14. The normalized spacial score (nSPS) is 18.6. The third kappa shape index (κ3) is 2.78. The van der Waals surface area contributed by atoms with Crippen LogP contribution >= 0.6 is 22.9 Å². The number of aliphatic carboxylic acids is 1. The Morgan fingerprint density at radius 2 is 2.22 bits per heavy atom. The molecule has 0 aliphatic heterocycles. The second-order valence-corrected chi connectivity index (χ2v) is 6.09. The SMILES string of the molecule is CN(c1nc(Cl)cs1)C1(CC(=O)O)CCCCC1. The molecule has 0 spiro atoms. The van der Waals surface area contributed by atoms with Crippen LogP contribution in [0.3, 0.4) is 0 Å². The molecule has 0 radical (unpaired) electrons. The van der Waals surface area contributed by atoms with Gasteiger partial charge in [-0.15, -0.1) is 11.3 Å². The molecular weight excluding hydrogens is 272 g/mol. The van der Waals surface area contributed by atoms with E-state index < -0.39 is 5.97 Å². The van der Waals surface area contributed by atoms with Crippen LogP contribution in [-0.2, 0) is 4.79 Å². The van der Waals surface area contributed by atoms with Crippen molar-refractivity contribution in [2.45, 2.75) is 44.1 Å². The lowest BCUT2D eigenvalue weighted by atomic mass is 9.78. The number of carboxylic acid groups (broad SMARTS) is 1. The first-order valence-corrected chi connectivity index (χ1v) is 7.36. The first-order valence-electron chi connectivity index (χ1n) is 6.10. The average Bonchev–Trinajstić information content (AvgIpc) is 2.75. The number of carboxylic acids is 1. The van der Waals surface area contributed by atoms with Crippen molar-refractivity contribution in [2.75, 3.05) is 11.9 Å². The Morgan fingerprint density at radius 1 is 1.56 bits per heavy atom. The molecule has 0 amide bonds. The zero-order valence-corrected chi connectivity index (χ0v) is 11.9. The first-order chi connectivity index (χ1) is 8.53. The lowest BCUT2D eigenvalue weighted by molar-refractivity contribution is -0.138. The van der Waals surface area contributed by atoms with Crippen LogP contribution in [0.2, 0.25) is 5.15 Å². The lowest BCUT2D eigenvalue weighted by Gasteiger charge is -2.43. The molecule has 18 heavy (non-hydrogen) atoms. The van der Waals surface area contributed by atoms with Crippen LogP contribution in [0.25, 0.3) is 0 Å². The number of rotatable bonds is 4. The molecule has 1 aliphatic carbocycles. The largest absolute Gasteiger partial charge is 0.481 e. The van der Waals surface area contributed by atoms with Crippen LogP contribution in [-0.4, -0.2) is 28.6 Å². The number of anilines is 1. The fourth-order valence-electron chi connectivity index (χ4n) is 2.72. The highest BCUT2D eigenvalue weighted by Crippen LogP contribution is 2.39. The Labute approximate surface area is 116 Å². The van der Waals surface area contributed by atoms with Crippen molar-refractivity contribution in [1.29, 1.82) is 0 Å². The van der Waals surface area contributed by atoms with Crippen LogP contribution in [0, 0.1) is 0 Å². The molecule has 0 bridgehead atoms. The first kappa shape index (κ1) is 13.6. The van der Waals surface area contributed by atoms with Crippen LogP contribution in [0.1, 0.15) is 38.5 Å². The molecule has 0 atom stereocenters. The van der Waals surface area contributed by atoms with Crippen LogP contribution in [0.5, 0.6) is 0 Å². The monoisotopic (exact) mass is 288 g/mol. The Balaban J connectivity index is 2.24. The minimum Gasteiger partial charge on any atom is -0.481 e. The molecule has 0 saturated heterocycles. The summed E-state index contributed by atoms with van der Waals surface area (Å²) in [7, 11) is 1.93. The molecule has 1 saturated carbocycles. The standard InChI is InChI=1S/C12H17ClN2O2S/c1-15(11-14-9(13)8-18-11)12(7-10(16)17)5-3-2-4-6-12/h8H,2-7H2,1H3,(H,16,17). The molecule has 1 aromatic rings. The molecular formula is C12H17ClN2O2S. The minimum atomic E-state index is -0.744. The number of nitrogens with zero attached hydrogens (tertiary/aromatic N) is 2. The number of hydrogen-bond donors (Lipinski definition) is 1. The maximum atomic E-state index is 11.1. The maximum Gasteiger partial charge on any atom is 0.305 e. The zero-order valence-electron chi connectivity index (χ0n) is 10.4. The van der Waals surface area contributed by atoms with Gasteiger partial charge in [0, 0.05) is 12.4 Å². The van der Waals surface area contributed by atoms with Gasteiger partial charge in [0.15, 0.2) is 5.13 Å². The van der Waals surface area contributed by atoms with Crippen molar-refractivity contribution in [1.82, 2.24) is 4.98 Å². The Kier molecular flexibility index (Phi) is 4.12. The Bertz CT molecular complexity index is 429. The van der Waals surface area contributed by atoms with Gasteiger partial charge in [0.05, 0.1) is 12.0 Å². The lowest BCUT2D eigenvalue weighted by Crippen LogP contribution is -2.49. The summed E-state index contributed by atoms with van der Waals surface area (Å²) < 4.78 is 0. The van der Waals surface area contributed by atoms with Crippen molar-refractivity contribution in [3.05, 3.63) is 10.5 Å². The summed E-state index contributed by atoms with van der Waals surface area (Å²) in [6.07, 6.45) is 5.34. The highest BCUT2D eigenvalue weighted by atomic mass is 35.5. The quantitative estimate of drug-likeness (QED) is 0.922. The molecule has 1 aliphatic rings. The number of aromatic nitrogens is 1. The van der Waals surface area contributed by atoms with Gasteiger partial charge in [-0.25, -0.2) is 4.98 Å². The minimum absolute atomic E-state index is 0.167. The zero-order chi connectivity index (χ0) is 13.2. The molecule has 1 N–H and O–H groups in total. The van der Waals surface area contributed by atoms with E-state index in [1.54, 1.807) is 5.38 Å². The summed E-state index contributed by atoms with van der Waals surface area (Å²) in [5, 5.41) is 12.2. The summed E-state index contributed by atoms with van der Waals surface area (Å²) in [5.74, 6) is -0.744. The van der Waals surface area contributed by atoms with Gasteiger partial charge in [0.25, 0.3) is 0 Å². The Morgan fingerprint density at radius 3 is 2.72 bits per heavy atom. The highest BCUT2D eigenvalue weighted by Gasteiger charge is 2.39. The van der Waals surface area contributed by atoms with Gasteiger partial charge in [-0.1, -0.05) is 30.9 Å². The third-order valence-corrected chi connectivity index (χ3v) is 4.97. The van der Waals surface area contributed by atoms with Gasteiger partial charge in [-0.3, -0.25) is 4.79 Å². The van der Waals surface area contributed by atoms with E-state index in [0.717, 1.165) is 30.8 Å². The van der Waals surface area contributed by atoms with Gasteiger partial charge in [-0.05, 0) is 12.8 Å². The smallest absolute Gasteiger partial charge is 0.305 e. The van der Waals surface area contributed by atoms with E-state index in [2.05, 4.69) is 4.98 Å². The summed E-state index contributed by atoms with van der Waals surface area (Å²) in [6.45, 7) is 0. The van der Waals surface area contributed by atoms with Gasteiger partial charge in [0.1, 0.15) is 5.15 Å². The van der Waals surface area contributed by atoms with Crippen molar-refractivity contribution in [3.63, 3.8) is 0 Å². The van der Waals surface area contributed by atoms with E-state index in [1.165, 1.54) is 17.8 Å². The van der Waals surface area contributed by atoms with Crippen molar-refractivity contribution < 1.29 is 9.90 Å². The van der Waals surface area contributed by atoms with Gasteiger partial charge in [0.2, 0.25) is 0 Å². The fourth-order valence-corrected chi connectivity index (χ4v) is 3.75. The summed E-state index contributed by atoms with van der Waals surface area (Å²) in [5.41, 5.74) is -0.300. The molecule has 1 fully saturated rings. The van der Waals surface area contributed by atoms with E-state index in [1.807, 2.05) is 11.9 Å². The van der Waals surface area contributed by atoms with Gasteiger partial charge in [-0.2, -0.15) is 0 Å². The predicted octanol–water partition coefficient (Wildman–Crippen LogP) is 3.41. The molecule has 1 heterocycles. The average molecular weight is 289 g/mol. The van der Waals surface area contributed by atoms with E-state index in [9.17, 15) is 4.79 Å². The van der Waals surface area contributed by atoms with Crippen LogP contribution in [0.4, 0.5) is 5.13 Å². The fraction of sp³-hybridized carbons (Fsp3) is 0.667. The van der Waals surface area contributed by atoms with Crippen molar-refractivity contribution >= 4 is 34.0 Å². The van der Waals surface area contributed by atoms with Gasteiger partial charge >= 0.3 is 5.97 Å². The summed E-state index contributed by atoms with van der Waals surface area (Å²) >= 11 is 7.32. The topological polar surface area (TPSA) is 53.4 Å². The maximum absolute atomic E-state index is 11.1. The number of thiazole rings is 1.